The van der Waals surface area contributed by atoms with E-state index in [4.69, 9.17) is 11.6 Å². The molecule has 2 rings (SSSR count). The van der Waals surface area contributed by atoms with Crippen LogP contribution in [0.15, 0.2) is 34.1 Å². The van der Waals surface area contributed by atoms with Crippen molar-refractivity contribution in [2.24, 2.45) is 0 Å². The quantitative estimate of drug-likeness (QED) is 0.854. The lowest BCUT2D eigenvalue weighted by Crippen LogP contribution is -2.17. The summed E-state index contributed by atoms with van der Waals surface area (Å²) in [5.74, 6) is 0. The van der Waals surface area contributed by atoms with Gasteiger partial charge in [-0.3, -0.25) is 0 Å². The average molecular weight is 331 g/mol. The zero-order valence-electron chi connectivity index (χ0n) is 9.63. The lowest BCUT2D eigenvalue weighted by atomic mass is 10.0. The van der Waals surface area contributed by atoms with Gasteiger partial charge in [0.05, 0.1) is 6.04 Å². The van der Waals surface area contributed by atoms with Gasteiger partial charge in [-0.2, -0.15) is 0 Å². The third kappa shape index (κ3) is 2.91. The first kappa shape index (κ1) is 13.1. The molecule has 0 saturated heterocycles. The van der Waals surface area contributed by atoms with Crippen molar-refractivity contribution in [1.29, 1.82) is 0 Å². The van der Waals surface area contributed by atoms with Crippen LogP contribution in [0.25, 0.3) is 0 Å². The number of benzene rings is 1. The molecule has 1 nitrogen and oxygen atoms in total. The van der Waals surface area contributed by atoms with Crippen molar-refractivity contribution in [2.75, 3.05) is 7.05 Å². The predicted octanol–water partition coefficient (Wildman–Crippen LogP) is 4.78. The van der Waals surface area contributed by atoms with Gasteiger partial charge < -0.3 is 5.32 Å². The highest BCUT2D eigenvalue weighted by Crippen LogP contribution is 2.32. The van der Waals surface area contributed by atoms with E-state index < -0.39 is 0 Å². The molecule has 0 radical (unpaired) electrons. The summed E-state index contributed by atoms with van der Waals surface area (Å²) >= 11 is 11.4. The SMILES string of the molecule is CNC(c1csc(C)c1)c1cc(Cl)ccc1Br. The van der Waals surface area contributed by atoms with E-state index in [0.29, 0.717) is 0 Å². The molecule has 1 N–H and O–H groups in total. The lowest BCUT2D eigenvalue weighted by Gasteiger charge is -2.17. The summed E-state index contributed by atoms with van der Waals surface area (Å²) in [7, 11) is 1.96. The second kappa shape index (κ2) is 5.53. The Bertz CT molecular complexity index is 524. The number of hydrogen-bond donors (Lipinski definition) is 1. The van der Waals surface area contributed by atoms with Gasteiger partial charge in [0.25, 0.3) is 0 Å². The van der Waals surface area contributed by atoms with E-state index in [1.54, 1.807) is 11.3 Å². The minimum atomic E-state index is 0.174. The van der Waals surface area contributed by atoms with E-state index >= 15 is 0 Å². The summed E-state index contributed by atoms with van der Waals surface area (Å²) in [6.07, 6.45) is 0. The Hall–Kier alpha value is -0.350. The van der Waals surface area contributed by atoms with Crippen LogP contribution in [0.4, 0.5) is 0 Å². The van der Waals surface area contributed by atoms with E-state index in [1.165, 1.54) is 10.4 Å². The van der Waals surface area contributed by atoms with Crippen LogP contribution >= 0.6 is 38.9 Å². The number of nitrogens with one attached hydrogen (secondary N) is 1. The minimum Gasteiger partial charge on any atom is -0.309 e. The first-order valence-corrected chi connectivity index (χ1v) is 7.34. The van der Waals surface area contributed by atoms with Crippen LogP contribution in [0.2, 0.25) is 5.02 Å². The number of aryl methyl sites for hydroxylation is 1. The Morgan fingerprint density at radius 3 is 2.71 bits per heavy atom. The molecule has 0 aliphatic rings. The zero-order chi connectivity index (χ0) is 12.4. The molecule has 0 fully saturated rings. The fraction of sp³-hybridized carbons (Fsp3) is 0.231. The highest BCUT2D eigenvalue weighted by molar-refractivity contribution is 9.10. The van der Waals surface area contributed by atoms with Crippen LogP contribution < -0.4 is 5.32 Å². The Morgan fingerprint density at radius 1 is 1.35 bits per heavy atom. The molecule has 0 aliphatic carbocycles. The zero-order valence-corrected chi connectivity index (χ0v) is 12.8. The molecule has 1 atom stereocenters. The standard InChI is InChI=1S/C13H13BrClNS/c1-8-5-9(7-17-8)13(16-2)11-6-10(15)3-4-12(11)14/h3-7,13,16H,1-2H3. The van der Waals surface area contributed by atoms with E-state index in [1.807, 2.05) is 25.2 Å². The molecule has 1 heterocycles. The number of hydrogen-bond acceptors (Lipinski definition) is 2. The van der Waals surface area contributed by atoms with Crippen LogP contribution in [0.3, 0.4) is 0 Å². The molecule has 4 heteroatoms. The van der Waals surface area contributed by atoms with Gasteiger partial charge in [0.1, 0.15) is 0 Å². The largest absolute Gasteiger partial charge is 0.309 e. The van der Waals surface area contributed by atoms with Gasteiger partial charge in [-0.1, -0.05) is 27.5 Å². The minimum absolute atomic E-state index is 0.174. The van der Waals surface area contributed by atoms with E-state index in [0.717, 1.165) is 15.1 Å². The topological polar surface area (TPSA) is 12.0 Å². The molecule has 1 aromatic heterocycles. The average Bonchev–Trinajstić information content (AvgIpc) is 2.71. The molecule has 0 spiro atoms. The van der Waals surface area contributed by atoms with Crippen LogP contribution in [-0.4, -0.2) is 7.05 Å². The van der Waals surface area contributed by atoms with Crippen LogP contribution in [0, 0.1) is 6.92 Å². The molecule has 0 aliphatic heterocycles. The smallest absolute Gasteiger partial charge is 0.0594 e. The second-order valence-corrected chi connectivity index (χ2v) is 6.28. The summed E-state index contributed by atoms with van der Waals surface area (Å²) < 4.78 is 1.07. The fourth-order valence-corrected chi connectivity index (χ4v) is 3.24. The Balaban J connectivity index is 2.45. The lowest BCUT2D eigenvalue weighted by molar-refractivity contribution is 0.691. The monoisotopic (exact) mass is 329 g/mol. The van der Waals surface area contributed by atoms with Gasteiger partial charge in [-0.25, -0.2) is 0 Å². The normalized spacial score (nSPS) is 12.7. The maximum Gasteiger partial charge on any atom is 0.0594 e. The molecule has 0 saturated carbocycles. The van der Waals surface area contributed by atoms with Gasteiger partial charge in [0.2, 0.25) is 0 Å². The number of rotatable bonds is 3. The molecule has 90 valence electrons. The van der Waals surface area contributed by atoms with E-state index in [9.17, 15) is 0 Å². The van der Waals surface area contributed by atoms with Crippen molar-refractivity contribution in [2.45, 2.75) is 13.0 Å². The Morgan fingerprint density at radius 2 is 2.12 bits per heavy atom. The highest BCUT2D eigenvalue weighted by atomic mass is 79.9. The predicted molar refractivity (Wildman–Crippen MR) is 79.1 cm³/mol. The van der Waals surface area contributed by atoms with Gasteiger partial charge in [-0.05, 0) is 54.7 Å². The molecule has 1 aromatic carbocycles. The van der Waals surface area contributed by atoms with Crippen LogP contribution in [0.5, 0.6) is 0 Å². The van der Waals surface area contributed by atoms with Gasteiger partial charge in [0.15, 0.2) is 0 Å². The van der Waals surface area contributed by atoms with Gasteiger partial charge >= 0.3 is 0 Å². The maximum absolute atomic E-state index is 6.06. The van der Waals surface area contributed by atoms with E-state index in [-0.39, 0.29) is 6.04 Å². The molecule has 1 unspecified atom stereocenters. The third-order valence-electron chi connectivity index (χ3n) is 2.64. The molecule has 2 aromatic rings. The van der Waals surface area contributed by atoms with Crippen molar-refractivity contribution < 1.29 is 0 Å². The molecular formula is C13H13BrClNS. The summed E-state index contributed by atoms with van der Waals surface area (Å²) in [6, 6.07) is 8.26. The Labute approximate surface area is 119 Å². The van der Waals surface area contributed by atoms with Crippen molar-refractivity contribution in [1.82, 2.24) is 5.32 Å². The molecule has 0 amide bonds. The maximum atomic E-state index is 6.06. The Kier molecular flexibility index (Phi) is 4.26. The number of halogens is 2. The van der Waals surface area contributed by atoms with Crippen molar-refractivity contribution in [3.63, 3.8) is 0 Å². The van der Waals surface area contributed by atoms with Crippen molar-refractivity contribution >= 4 is 38.9 Å². The summed E-state index contributed by atoms with van der Waals surface area (Å²) in [6.45, 7) is 2.12. The van der Waals surface area contributed by atoms with Gasteiger partial charge in [-0.15, -0.1) is 11.3 Å². The van der Waals surface area contributed by atoms with Crippen molar-refractivity contribution in [3.05, 3.63) is 55.1 Å². The molecule has 0 bridgehead atoms. The van der Waals surface area contributed by atoms with Crippen LogP contribution in [0.1, 0.15) is 22.0 Å². The summed E-state index contributed by atoms with van der Waals surface area (Å²) in [5, 5.41) is 6.28. The first-order valence-electron chi connectivity index (χ1n) is 5.29. The fourth-order valence-electron chi connectivity index (χ4n) is 1.85. The van der Waals surface area contributed by atoms with Gasteiger partial charge in [0, 0.05) is 14.4 Å². The van der Waals surface area contributed by atoms with E-state index in [2.05, 4.69) is 39.6 Å². The second-order valence-electron chi connectivity index (χ2n) is 3.88. The first-order chi connectivity index (χ1) is 8.11. The van der Waals surface area contributed by atoms with Crippen molar-refractivity contribution in [3.8, 4) is 0 Å². The van der Waals surface area contributed by atoms with Crippen LogP contribution in [-0.2, 0) is 0 Å². The number of thiophene rings is 1. The molecular weight excluding hydrogens is 318 g/mol. The third-order valence-corrected chi connectivity index (χ3v) is 4.48. The highest BCUT2D eigenvalue weighted by Gasteiger charge is 2.16. The molecule has 17 heavy (non-hydrogen) atoms. The summed E-state index contributed by atoms with van der Waals surface area (Å²) in [4.78, 5) is 1.32. The summed E-state index contributed by atoms with van der Waals surface area (Å²) in [5.41, 5.74) is 2.44.